The van der Waals surface area contributed by atoms with E-state index < -0.39 is 21.9 Å². The van der Waals surface area contributed by atoms with Crippen LogP contribution in [0.5, 0.6) is 0 Å². The first-order chi connectivity index (χ1) is 8.89. The molecule has 1 unspecified atom stereocenters. The molecule has 0 spiro atoms. The minimum atomic E-state index is -4.57. The minimum Gasteiger partial charge on any atom is -0.326 e. The molecule has 8 heteroatoms. The fourth-order valence-electron chi connectivity index (χ4n) is 2.13. The fourth-order valence-corrected chi connectivity index (χ4v) is 2.92. The Morgan fingerprint density at radius 1 is 1.53 bits per heavy atom. The third kappa shape index (κ3) is 3.48. The summed E-state index contributed by atoms with van der Waals surface area (Å²) in [4.78, 5) is 17.2. The number of amides is 1. The van der Waals surface area contributed by atoms with Gasteiger partial charge in [0.25, 0.3) is 0 Å². The Hall–Kier alpha value is -1.54. The van der Waals surface area contributed by atoms with Crippen LogP contribution in [-0.4, -0.2) is 31.6 Å². The molecule has 0 radical (unpaired) electrons. The maximum absolute atomic E-state index is 12.6. The molecule has 1 aromatic heterocycles. The van der Waals surface area contributed by atoms with E-state index in [1.807, 2.05) is 0 Å². The van der Waals surface area contributed by atoms with Gasteiger partial charge in [-0.25, -0.2) is 4.98 Å². The van der Waals surface area contributed by atoms with Crippen LogP contribution < -0.4 is 10.6 Å². The molecule has 104 valence electrons. The Morgan fingerprint density at radius 3 is 2.89 bits per heavy atom. The lowest BCUT2D eigenvalue weighted by Crippen LogP contribution is -2.26. The number of rotatable bonds is 4. The summed E-state index contributed by atoms with van der Waals surface area (Å²) in [5, 5.41) is 0. The van der Waals surface area contributed by atoms with Crippen LogP contribution in [0.3, 0.4) is 0 Å². The second-order valence-corrected chi connectivity index (χ2v) is 5.92. The van der Waals surface area contributed by atoms with Crippen molar-refractivity contribution >= 4 is 21.9 Å². The lowest BCUT2D eigenvalue weighted by Gasteiger charge is -2.15. The van der Waals surface area contributed by atoms with Crippen molar-refractivity contribution in [2.75, 3.05) is 17.2 Å². The van der Waals surface area contributed by atoms with Crippen LogP contribution in [0.4, 0.5) is 9.70 Å². The Balaban J connectivity index is 2.15. The van der Waals surface area contributed by atoms with Crippen LogP contribution in [0, 0.1) is 5.92 Å². The Kier molecular flexibility index (Phi) is 3.81. The maximum Gasteiger partial charge on any atom is 0.302 e. The molecular weight excluding hydrogens is 273 g/mol. The monoisotopic (exact) mass is 287 g/mol. The van der Waals surface area contributed by atoms with Crippen molar-refractivity contribution in [2.24, 2.45) is 11.7 Å². The summed E-state index contributed by atoms with van der Waals surface area (Å²) < 4.78 is 33.8. The summed E-state index contributed by atoms with van der Waals surface area (Å²) in [6.45, 7) is 0.475. The fraction of sp³-hybridized carbons (Fsp3) is 0.455. The van der Waals surface area contributed by atoms with Crippen molar-refractivity contribution in [3.63, 3.8) is 0 Å². The first kappa shape index (κ1) is 13.9. The topological polar surface area (TPSA) is 93.4 Å². The molecular formula is C11H14FN3O3S. The molecule has 0 bridgehead atoms. The number of anilines is 1. The van der Waals surface area contributed by atoms with Crippen LogP contribution >= 0.6 is 0 Å². The smallest absolute Gasteiger partial charge is 0.302 e. The van der Waals surface area contributed by atoms with Crippen molar-refractivity contribution in [2.45, 2.75) is 13.0 Å². The lowest BCUT2D eigenvalue weighted by atomic mass is 10.1. The number of aromatic nitrogens is 1. The van der Waals surface area contributed by atoms with E-state index in [1.165, 1.54) is 11.1 Å². The molecule has 1 fully saturated rings. The van der Waals surface area contributed by atoms with Crippen LogP contribution in [0.1, 0.15) is 12.0 Å². The second kappa shape index (κ2) is 5.22. The Bertz CT molecular complexity index is 591. The van der Waals surface area contributed by atoms with E-state index in [-0.39, 0.29) is 18.9 Å². The minimum absolute atomic E-state index is 0.0116. The summed E-state index contributed by atoms with van der Waals surface area (Å²) in [7, 11) is -4.57. The average Bonchev–Trinajstić information content (AvgIpc) is 2.68. The van der Waals surface area contributed by atoms with E-state index in [0.29, 0.717) is 12.4 Å². The van der Waals surface area contributed by atoms with E-state index in [1.54, 1.807) is 12.1 Å². The molecule has 1 amide bonds. The summed E-state index contributed by atoms with van der Waals surface area (Å²) in [5.74, 6) is -1.00. The molecule has 2 rings (SSSR count). The number of nitrogens with two attached hydrogens (primary N) is 1. The predicted octanol–water partition coefficient (Wildman–Crippen LogP) is 0.192. The summed E-state index contributed by atoms with van der Waals surface area (Å²) >= 11 is 0. The van der Waals surface area contributed by atoms with Gasteiger partial charge in [0.15, 0.2) is 0 Å². The van der Waals surface area contributed by atoms with Gasteiger partial charge in [-0.05, 0) is 17.7 Å². The van der Waals surface area contributed by atoms with Crippen LogP contribution in [0.15, 0.2) is 18.3 Å². The van der Waals surface area contributed by atoms with Crippen molar-refractivity contribution in [3.8, 4) is 0 Å². The average molecular weight is 287 g/mol. The molecule has 1 aromatic rings. The van der Waals surface area contributed by atoms with Gasteiger partial charge < -0.3 is 5.73 Å². The molecule has 0 aliphatic carbocycles. The van der Waals surface area contributed by atoms with Gasteiger partial charge in [-0.15, -0.1) is 3.89 Å². The molecule has 2 N–H and O–H groups in total. The molecule has 0 saturated carbocycles. The van der Waals surface area contributed by atoms with Crippen LogP contribution in [-0.2, 0) is 21.6 Å². The van der Waals surface area contributed by atoms with Crippen molar-refractivity contribution in [1.29, 1.82) is 0 Å². The zero-order chi connectivity index (χ0) is 14.0. The van der Waals surface area contributed by atoms with E-state index >= 15 is 0 Å². The van der Waals surface area contributed by atoms with Gasteiger partial charge in [-0.3, -0.25) is 9.69 Å². The van der Waals surface area contributed by atoms with Crippen molar-refractivity contribution in [3.05, 3.63) is 23.9 Å². The second-order valence-electron chi connectivity index (χ2n) is 4.51. The summed E-state index contributed by atoms with van der Waals surface area (Å²) in [6, 6.07) is 3.40. The standard InChI is InChI=1S/C11H14FN3O3S/c12-19(17,18)7-9-4-11(16)15(6-9)10-3-8(5-13)1-2-14-10/h1-3,9H,4-7,13H2. The number of pyridine rings is 1. The molecule has 2 heterocycles. The predicted molar refractivity (Wildman–Crippen MR) is 67.5 cm³/mol. The number of hydrogen-bond acceptors (Lipinski definition) is 5. The highest BCUT2D eigenvalue weighted by molar-refractivity contribution is 7.86. The maximum atomic E-state index is 12.6. The quantitative estimate of drug-likeness (QED) is 0.798. The van der Waals surface area contributed by atoms with E-state index in [2.05, 4.69) is 4.98 Å². The van der Waals surface area contributed by atoms with Gasteiger partial charge >= 0.3 is 10.2 Å². The molecule has 1 aliphatic heterocycles. The normalized spacial score (nSPS) is 20.0. The zero-order valence-electron chi connectivity index (χ0n) is 10.1. The van der Waals surface area contributed by atoms with E-state index in [4.69, 9.17) is 5.73 Å². The SMILES string of the molecule is NCc1ccnc(N2CC(CS(=O)(=O)F)CC2=O)c1. The third-order valence-electron chi connectivity index (χ3n) is 2.96. The number of hydrogen-bond donors (Lipinski definition) is 1. The lowest BCUT2D eigenvalue weighted by molar-refractivity contribution is -0.117. The molecule has 19 heavy (non-hydrogen) atoms. The molecule has 0 aromatic carbocycles. The van der Waals surface area contributed by atoms with Gasteiger partial charge in [0.1, 0.15) is 5.82 Å². The Morgan fingerprint density at radius 2 is 2.26 bits per heavy atom. The van der Waals surface area contributed by atoms with Gasteiger partial charge in [0.2, 0.25) is 5.91 Å². The Labute approximate surface area is 110 Å². The highest BCUT2D eigenvalue weighted by atomic mass is 32.3. The van der Waals surface area contributed by atoms with Crippen molar-refractivity contribution in [1.82, 2.24) is 4.98 Å². The van der Waals surface area contributed by atoms with Crippen LogP contribution in [0.2, 0.25) is 0 Å². The highest BCUT2D eigenvalue weighted by Gasteiger charge is 2.34. The first-order valence-corrected chi connectivity index (χ1v) is 7.32. The number of carbonyl (C=O) groups is 1. The van der Waals surface area contributed by atoms with Gasteiger partial charge in [0.05, 0.1) is 5.75 Å². The molecule has 6 nitrogen and oxygen atoms in total. The number of halogens is 1. The van der Waals surface area contributed by atoms with Gasteiger partial charge in [0, 0.05) is 31.6 Å². The molecule has 1 saturated heterocycles. The van der Waals surface area contributed by atoms with Crippen LogP contribution in [0.25, 0.3) is 0 Å². The molecule has 1 atom stereocenters. The number of carbonyl (C=O) groups excluding carboxylic acids is 1. The summed E-state index contributed by atoms with van der Waals surface area (Å²) in [5.41, 5.74) is 6.32. The highest BCUT2D eigenvalue weighted by Crippen LogP contribution is 2.25. The first-order valence-electron chi connectivity index (χ1n) is 5.77. The molecule has 1 aliphatic rings. The van der Waals surface area contributed by atoms with E-state index in [9.17, 15) is 17.1 Å². The number of nitrogens with zero attached hydrogens (tertiary/aromatic N) is 2. The summed E-state index contributed by atoms with van der Waals surface area (Å²) in [6.07, 6.45) is 1.54. The van der Waals surface area contributed by atoms with E-state index in [0.717, 1.165) is 5.56 Å². The largest absolute Gasteiger partial charge is 0.326 e. The zero-order valence-corrected chi connectivity index (χ0v) is 10.9. The van der Waals surface area contributed by atoms with Gasteiger partial charge in [-0.1, -0.05) is 0 Å². The van der Waals surface area contributed by atoms with Crippen molar-refractivity contribution < 1.29 is 17.1 Å². The third-order valence-corrected chi connectivity index (χ3v) is 3.83. The van der Waals surface area contributed by atoms with Gasteiger partial charge in [-0.2, -0.15) is 8.42 Å².